The van der Waals surface area contributed by atoms with Crippen molar-refractivity contribution in [2.45, 2.75) is 13.8 Å². The van der Waals surface area contributed by atoms with Gasteiger partial charge in [-0.3, -0.25) is 4.52 Å². The molecule has 1 atom stereocenters. The molecule has 62 valence electrons. The van der Waals surface area contributed by atoms with Gasteiger partial charge in [0.1, 0.15) is 0 Å². The molecule has 0 saturated heterocycles. The zero-order chi connectivity index (χ0) is 8.04. The lowest BCUT2D eigenvalue weighted by Crippen LogP contribution is -2.12. The minimum atomic E-state index is -3.82. The normalized spacial score (nSPS) is 16.7. The Morgan fingerprint density at radius 1 is 1.60 bits per heavy atom. The third-order valence-electron chi connectivity index (χ3n) is 0.616. The lowest BCUT2D eigenvalue weighted by molar-refractivity contribution is 0.103. The molecule has 6 heteroatoms. The first kappa shape index (κ1) is 10.1. The third-order valence-corrected chi connectivity index (χ3v) is 1.56. The maximum atomic E-state index is 10.6. The van der Waals surface area contributed by atoms with Crippen molar-refractivity contribution in [1.29, 1.82) is 0 Å². The van der Waals surface area contributed by atoms with Crippen LogP contribution < -0.4 is 5.48 Å². The molecule has 0 heterocycles. The van der Waals surface area contributed by atoms with E-state index in [9.17, 15) is 4.57 Å². The molecular formula is C4H12NO4P. The standard InChI is InChI=1S/C4H12NO4P/c1-3-5-9-10(6,7)8-4-2/h5H,3-4H2,1-2H3,(H,6,7). The summed E-state index contributed by atoms with van der Waals surface area (Å²) in [4.78, 5) is 8.69. The zero-order valence-electron chi connectivity index (χ0n) is 6.03. The maximum Gasteiger partial charge on any atom is 0.488 e. The van der Waals surface area contributed by atoms with Crippen molar-refractivity contribution in [3.63, 3.8) is 0 Å². The third kappa shape index (κ3) is 4.90. The molecule has 10 heavy (non-hydrogen) atoms. The Labute approximate surface area is 59.9 Å². The molecule has 0 aromatic carbocycles. The molecule has 0 aliphatic carbocycles. The van der Waals surface area contributed by atoms with Crippen LogP contribution in [0.5, 0.6) is 0 Å². The van der Waals surface area contributed by atoms with Crippen LogP contribution in [-0.4, -0.2) is 18.0 Å². The van der Waals surface area contributed by atoms with E-state index in [-0.39, 0.29) is 6.61 Å². The number of rotatable bonds is 5. The molecule has 1 unspecified atom stereocenters. The second-order valence-electron chi connectivity index (χ2n) is 1.48. The average molecular weight is 169 g/mol. The minimum Gasteiger partial charge on any atom is -0.301 e. The molecule has 0 bridgehead atoms. The second kappa shape index (κ2) is 4.82. The predicted octanol–water partition coefficient (Wildman–Crippen LogP) is 0.664. The Hall–Kier alpha value is 0.0700. The molecule has 0 aromatic heterocycles. The topological polar surface area (TPSA) is 67.8 Å². The van der Waals surface area contributed by atoms with Gasteiger partial charge in [0.15, 0.2) is 0 Å². The predicted molar refractivity (Wildman–Crippen MR) is 36.2 cm³/mol. The van der Waals surface area contributed by atoms with Crippen LogP contribution in [0.25, 0.3) is 0 Å². The number of hydrogen-bond acceptors (Lipinski definition) is 4. The monoisotopic (exact) mass is 169 g/mol. The average Bonchev–Trinajstić information content (AvgIpc) is 1.84. The summed E-state index contributed by atoms with van der Waals surface area (Å²) in [6.07, 6.45) is 0. The Morgan fingerprint density at radius 2 is 2.20 bits per heavy atom. The Kier molecular flexibility index (Phi) is 4.85. The number of phosphoric ester groups is 1. The summed E-state index contributed by atoms with van der Waals surface area (Å²) >= 11 is 0. The molecule has 0 rings (SSSR count). The van der Waals surface area contributed by atoms with Gasteiger partial charge < -0.3 is 4.89 Å². The van der Waals surface area contributed by atoms with Crippen LogP contribution in [0.15, 0.2) is 0 Å². The SMILES string of the molecule is CCNOP(=O)(O)OCC. The number of phosphoric acid groups is 1. The Bertz CT molecular complexity index is 128. The van der Waals surface area contributed by atoms with Gasteiger partial charge in [0.25, 0.3) is 0 Å². The van der Waals surface area contributed by atoms with E-state index in [0.29, 0.717) is 6.54 Å². The first-order valence-corrected chi connectivity index (χ1v) is 4.50. The summed E-state index contributed by atoms with van der Waals surface area (Å²) in [5.74, 6) is 0. The lowest BCUT2D eigenvalue weighted by Gasteiger charge is -2.08. The first-order chi connectivity index (χ1) is 4.62. The number of nitrogens with one attached hydrogen (secondary N) is 1. The number of hydroxylamine groups is 1. The van der Waals surface area contributed by atoms with Crippen molar-refractivity contribution in [2.24, 2.45) is 0 Å². The molecule has 5 nitrogen and oxygen atoms in total. The van der Waals surface area contributed by atoms with Gasteiger partial charge in [-0.1, -0.05) is 6.92 Å². The summed E-state index contributed by atoms with van der Waals surface area (Å²) in [5.41, 5.74) is 2.24. The van der Waals surface area contributed by atoms with Crippen molar-refractivity contribution in [2.75, 3.05) is 13.2 Å². The van der Waals surface area contributed by atoms with Gasteiger partial charge in [-0.2, -0.15) is 10.1 Å². The van der Waals surface area contributed by atoms with E-state index < -0.39 is 7.82 Å². The highest BCUT2D eigenvalue weighted by atomic mass is 31.2. The largest absolute Gasteiger partial charge is 0.488 e. The smallest absolute Gasteiger partial charge is 0.301 e. The Balaban J connectivity index is 3.53. The summed E-state index contributed by atoms with van der Waals surface area (Å²) in [6, 6.07) is 0. The molecule has 0 spiro atoms. The van der Waals surface area contributed by atoms with Gasteiger partial charge >= 0.3 is 7.82 Å². The van der Waals surface area contributed by atoms with E-state index in [1.54, 1.807) is 13.8 Å². The maximum absolute atomic E-state index is 10.6. The van der Waals surface area contributed by atoms with Crippen LogP contribution in [-0.2, 0) is 13.7 Å². The summed E-state index contributed by atoms with van der Waals surface area (Å²) < 4.78 is 19.2. The highest BCUT2D eigenvalue weighted by Gasteiger charge is 2.19. The molecule has 0 amide bonds. The lowest BCUT2D eigenvalue weighted by atomic mass is 10.8. The summed E-state index contributed by atoms with van der Waals surface area (Å²) in [5, 5.41) is 0. The number of hydrogen-bond donors (Lipinski definition) is 2. The van der Waals surface area contributed by atoms with Crippen molar-refractivity contribution in [3.8, 4) is 0 Å². The highest BCUT2D eigenvalue weighted by Crippen LogP contribution is 2.41. The van der Waals surface area contributed by atoms with Crippen LogP contribution in [0.3, 0.4) is 0 Å². The van der Waals surface area contributed by atoms with Crippen LogP contribution >= 0.6 is 7.82 Å². The van der Waals surface area contributed by atoms with Gasteiger partial charge in [0.2, 0.25) is 0 Å². The highest BCUT2D eigenvalue weighted by molar-refractivity contribution is 7.47. The quantitative estimate of drug-likeness (QED) is 0.467. The molecular weight excluding hydrogens is 157 g/mol. The van der Waals surface area contributed by atoms with Crippen LogP contribution in [0.4, 0.5) is 0 Å². The van der Waals surface area contributed by atoms with Gasteiger partial charge in [0.05, 0.1) is 6.61 Å². The molecule has 2 N–H and O–H groups in total. The molecule has 0 aliphatic rings. The molecule has 0 radical (unpaired) electrons. The van der Waals surface area contributed by atoms with Crippen LogP contribution in [0.2, 0.25) is 0 Å². The van der Waals surface area contributed by atoms with E-state index >= 15 is 0 Å². The van der Waals surface area contributed by atoms with E-state index in [2.05, 4.69) is 14.6 Å². The first-order valence-electron chi connectivity index (χ1n) is 3.01. The summed E-state index contributed by atoms with van der Waals surface area (Å²) in [6.45, 7) is 3.96. The summed E-state index contributed by atoms with van der Waals surface area (Å²) in [7, 11) is -3.82. The fourth-order valence-electron chi connectivity index (χ4n) is 0.336. The van der Waals surface area contributed by atoms with Gasteiger partial charge in [-0.05, 0) is 6.92 Å². The van der Waals surface area contributed by atoms with Gasteiger partial charge in [-0.25, -0.2) is 4.57 Å². The molecule has 0 aliphatic heterocycles. The van der Waals surface area contributed by atoms with E-state index in [0.717, 1.165) is 0 Å². The molecule has 0 saturated carbocycles. The van der Waals surface area contributed by atoms with E-state index in [1.165, 1.54) is 0 Å². The van der Waals surface area contributed by atoms with E-state index in [1.807, 2.05) is 0 Å². The van der Waals surface area contributed by atoms with Crippen LogP contribution in [0, 0.1) is 0 Å². The van der Waals surface area contributed by atoms with E-state index in [4.69, 9.17) is 4.89 Å². The molecule has 0 aromatic rings. The zero-order valence-corrected chi connectivity index (χ0v) is 6.93. The Morgan fingerprint density at radius 3 is 2.60 bits per heavy atom. The van der Waals surface area contributed by atoms with Gasteiger partial charge in [-0.15, -0.1) is 0 Å². The fraction of sp³-hybridized carbons (Fsp3) is 1.00. The van der Waals surface area contributed by atoms with Crippen molar-refractivity contribution in [1.82, 2.24) is 5.48 Å². The second-order valence-corrected chi connectivity index (χ2v) is 2.85. The van der Waals surface area contributed by atoms with Crippen LogP contribution in [0.1, 0.15) is 13.8 Å². The minimum absolute atomic E-state index is 0.152. The fourth-order valence-corrected chi connectivity index (χ4v) is 1.01. The van der Waals surface area contributed by atoms with Crippen molar-refractivity contribution in [3.05, 3.63) is 0 Å². The van der Waals surface area contributed by atoms with Crippen molar-refractivity contribution < 1.29 is 18.6 Å². The van der Waals surface area contributed by atoms with Gasteiger partial charge in [0, 0.05) is 6.54 Å². The van der Waals surface area contributed by atoms with Crippen molar-refractivity contribution >= 4 is 7.82 Å². The molecule has 0 fully saturated rings.